The monoisotopic (exact) mass is 502 g/mol. The molecule has 37 heavy (non-hydrogen) atoms. The molecule has 7 heteroatoms. The number of halogens is 1. The highest BCUT2D eigenvalue weighted by atomic mass is 19.1. The van der Waals surface area contributed by atoms with Gasteiger partial charge in [-0.1, -0.05) is 48.0 Å². The van der Waals surface area contributed by atoms with Crippen molar-refractivity contribution in [3.05, 3.63) is 106 Å². The first-order chi connectivity index (χ1) is 17.8. The number of amides is 1. The van der Waals surface area contributed by atoms with E-state index in [2.05, 4.69) is 0 Å². The lowest BCUT2D eigenvalue weighted by Crippen LogP contribution is -2.32. The second-order valence-corrected chi connectivity index (χ2v) is 9.47. The molecule has 0 aliphatic carbocycles. The van der Waals surface area contributed by atoms with Crippen molar-refractivity contribution in [2.45, 2.75) is 26.0 Å². The third-order valence-electron chi connectivity index (χ3n) is 6.36. The summed E-state index contributed by atoms with van der Waals surface area (Å²) < 4.78 is 20.7. The Balaban J connectivity index is 1.64. The van der Waals surface area contributed by atoms with Gasteiger partial charge < -0.3 is 19.6 Å². The van der Waals surface area contributed by atoms with Crippen molar-refractivity contribution in [2.24, 2.45) is 0 Å². The van der Waals surface area contributed by atoms with Crippen molar-refractivity contribution in [1.82, 2.24) is 9.80 Å². The summed E-state index contributed by atoms with van der Waals surface area (Å²) >= 11 is 0. The van der Waals surface area contributed by atoms with Crippen molar-refractivity contribution in [2.75, 3.05) is 27.2 Å². The van der Waals surface area contributed by atoms with Crippen LogP contribution in [-0.2, 0) is 16.2 Å². The predicted molar refractivity (Wildman–Crippen MR) is 141 cm³/mol. The molecule has 0 spiro atoms. The van der Waals surface area contributed by atoms with Crippen LogP contribution in [0.4, 0.5) is 4.39 Å². The van der Waals surface area contributed by atoms with Gasteiger partial charge in [0.15, 0.2) is 0 Å². The molecule has 1 saturated heterocycles. The van der Waals surface area contributed by atoms with E-state index < -0.39 is 23.5 Å². The van der Waals surface area contributed by atoms with Gasteiger partial charge in [-0.3, -0.25) is 9.59 Å². The Labute approximate surface area is 216 Å². The third kappa shape index (κ3) is 5.89. The zero-order valence-corrected chi connectivity index (χ0v) is 21.3. The number of nitrogens with zero attached hydrogens (tertiary/aromatic N) is 2. The number of carbonyl (C=O) groups excluding carboxylic acids is 2. The number of rotatable bonds is 9. The number of aryl methyl sites for hydroxylation is 1. The maximum Gasteiger partial charge on any atom is 0.295 e. The van der Waals surface area contributed by atoms with Gasteiger partial charge in [-0.15, -0.1) is 0 Å². The van der Waals surface area contributed by atoms with Gasteiger partial charge in [-0.2, -0.15) is 0 Å². The van der Waals surface area contributed by atoms with E-state index >= 15 is 0 Å². The van der Waals surface area contributed by atoms with E-state index in [0.29, 0.717) is 30.9 Å². The van der Waals surface area contributed by atoms with Crippen molar-refractivity contribution in [3.63, 3.8) is 0 Å². The molecule has 0 aromatic heterocycles. The average molecular weight is 503 g/mol. The first-order valence-electron chi connectivity index (χ1n) is 12.2. The SMILES string of the molecule is Cc1cccc(COc2ccc(/C(O)=C3\C(=O)C(=O)N(CCCN(C)C)C3c3ccccc3F)cc2)c1. The summed E-state index contributed by atoms with van der Waals surface area (Å²) in [6.45, 7) is 3.35. The normalized spacial score (nSPS) is 17.0. The van der Waals surface area contributed by atoms with Crippen molar-refractivity contribution >= 4 is 17.4 Å². The summed E-state index contributed by atoms with van der Waals surface area (Å²) in [6.07, 6.45) is 0.595. The van der Waals surface area contributed by atoms with Gasteiger partial charge in [0.05, 0.1) is 11.6 Å². The third-order valence-corrected chi connectivity index (χ3v) is 6.36. The molecule has 0 radical (unpaired) electrons. The van der Waals surface area contributed by atoms with E-state index in [9.17, 15) is 19.1 Å². The number of ketones is 1. The Morgan fingerprint density at radius 1 is 1.03 bits per heavy atom. The number of benzene rings is 3. The van der Waals surface area contributed by atoms with Crippen LogP contribution in [0.1, 0.15) is 34.7 Å². The van der Waals surface area contributed by atoms with Crippen LogP contribution in [0.3, 0.4) is 0 Å². The summed E-state index contributed by atoms with van der Waals surface area (Å²) in [5.74, 6) is -1.86. The molecule has 1 amide bonds. The molecule has 3 aromatic rings. The highest BCUT2D eigenvalue weighted by Crippen LogP contribution is 2.40. The number of hydrogen-bond donors (Lipinski definition) is 1. The number of ether oxygens (including phenoxy) is 1. The Hall–Kier alpha value is -3.97. The molecule has 1 unspecified atom stereocenters. The Kier molecular flexibility index (Phi) is 8.04. The van der Waals surface area contributed by atoms with Crippen LogP contribution in [-0.4, -0.2) is 53.8 Å². The van der Waals surface area contributed by atoms with E-state index in [1.165, 1.54) is 11.0 Å². The molecule has 1 aliphatic heterocycles. The minimum atomic E-state index is -1.01. The molecular weight excluding hydrogens is 471 g/mol. The first-order valence-corrected chi connectivity index (χ1v) is 12.2. The van der Waals surface area contributed by atoms with Gasteiger partial charge in [0.1, 0.15) is 23.9 Å². The molecule has 3 aromatic carbocycles. The largest absolute Gasteiger partial charge is 0.507 e. The smallest absolute Gasteiger partial charge is 0.295 e. The van der Waals surface area contributed by atoms with E-state index in [1.807, 2.05) is 50.2 Å². The summed E-state index contributed by atoms with van der Waals surface area (Å²) in [7, 11) is 3.83. The van der Waals surface area contributed by atoms with E-state index in [4.69, 9.17) is 4.74 Å². The molecule has 1 N–H and O–H groups in total. The maximum atomic E-state index is 14.9. The standard InChI is InChI=1S/C30H31FN2O4/c1-20-8-6-9-21(18-20)19-37-23-14-12-22(13-15-23)28(34)26-27(24-10-4-5-11-25(24)31)33(30(36)29(26)35)17-7-16-32(2)3/h4-6,8-15,18,27,34H,7,16-17,19H2,1-3H3/b28-26+. The molecule has 1 heterocycles. The number of likely N-dealkylation sites (tertiary alicyclic amines) is 1. The maximum absolute atomic E-state index is 14.9. The molecule has 0 saturated carbocycles. The fraction of sp³-hybridized carbons (Fsp3) is 0.267. The summed E-state index contributed by atoms with van der Waals surface area (Å²) in [6, 6.07) is 19.7. The second-order valence-electron chi connectivity index (χ2n) is 9.47. The Morgan fingerprint density at radius 3 is 2.43 bits per heavy atom. The second kappa shape index (κ2) is 11.4. The van der Waals surface area contributed by atoms with Crippen LogP contribution in [0.15, 0.2) is 78.4 Å². The first kappa shape index (κ1) is 26.1. The number of Topliss-reactive ketones (excluding diaryl/α,β-unsaturated/α-hetero) is 1. The summed E-state index contributed by atoms with van der Waals surface area (Å²) in [4.78, 5) is 29.4. The molecule has 0 bridgehead atoms. The number of aliphatic hydroxyl groups is 1. The van der Waals surface area contributed by atoms with Crippen LogP contribution >= 0.6 is 0 Å². The van der Waals surface area contributed by atoms with Gasteiger partial charge in [-0.05, 0) is 69.9 Å². The molecule has 6 nitrogen and oxygen atoms in total. The van der Waals surface area contributed by atoms with Gasteiger partial charge >= 0.3 is 0 Å². The Bertz CT molecular complexity index is 1320. The molecule has 4 rings (SSSR count). The van der Waals surface area contributed by atoms with E-state index in [-0.39, 0.29) is 23.4 Å². The quantitative estimate of drug-likeness (QED) is 0.251. The fourth-order valence-corrected chi connectivity index (χ4v) is 4.52. The lowest BCUT2D eigenvalue weighted by molar-refractivity contribution is -0.140. The molecule has 192 valence electrons. The average Bonchev–Trinajstić information content (AvgIpc) is 3.12. The molecular formula is C30H31FN2O4. The topological polar surface area (TPSA) is 70.1 Å². The zero-order chi connectivity index (χ0) is 26.5. The zero-order valence-electron chi connectivity index (χ0n) is 21.3. The van der Waals surface area contributed by atoms with E-state index in [1.54, 1.807) is 42.5 Å². The fourth-order valence-electron chi connectivity index (χ4n) is 4.52. The van der Waals surface area contributed by atoms with E-state index in [0.717, 1.165) is 11.1 Å². The van der Waals surface area contributed by atoms with Crippen molar-refractivity contribution in [3.8, 4) is 5.75 Å². The lowest BCUT2D eigenvalue weighted by atomic mass is 9.95. The number of carbonyl (C=O) groups is 2. The molecule has 1 fully saturated rings. The van der Waals surface area contributed by atoms with Crippen LogP contribution in [0.5, 0.6) is 5.75 Å². The van der Waals surface area contributed by atoms with Gasteiger partial charge in [0.25, 0.3) is 11.7 Å². The van der Waals surface area contributed by atoms with Gasteiger partial charge in [-0.25, -0.2) is 4.39 Å². The van der Waals surface area contributed by atoms with Gasteiger partial charge in [0, 0.05) is 17.7 Å². The van der Waals surface area contributed by atoms with Crippen molar-refractivity contribution < 1.29 is 23.8 Å². The minimum Gasteiger partial charge on any atom is -0.507 e. The van der Waals surface area contributed by atoms with Crippen molar-refractivity contribution in [1.29, 1.82) is 0 Å². The predicted octanol–water partition coefficient (Wildman–Crippen LogP) is 5.09. The summed E-state index contributed by atoms with van der Waals surface area (Å²) in [5.41, 5.74) is 2.57. The van der Waals surface area contributed by atoms with Crippen LogP contribution in [0.25, 0.3) is 5.76 Å². The number of aliphatic hydroxyl groups excluding tert-OH is 1. The Morgan fingerprint density at radius 2 is 1.76 bits per heavy atom. The number of hydrogen-bond acceptors (Lipinski definition) is 5. The van der Waals surface area contributed by atoms with Crippen LogP contribution in [0, 0.1) is 12.7 Å². The highest BCUT2D eigenvalue weighted by Gasteiger charge is 2.46. The molecule has 1 atom stereocenters. The van der Waals surface area contributed by atoms with Gasteiger partial charge in [0.2, 0.25) is 0 Å². The highest BCUT2D eigenvalue weighted by molar-refractivity contribution is 6.46. The lowest BCUT2D eigenvalue weighted by Gasteiger charge is -2.26. The summed E-state index contributed by atoms with van der Waals surface area (Å²) in [5, 5.41) is 11.2. The minimum absolute atomic E-state index is 0.117. The van der Waals surface area contributed by atoms with Crippen LogP contribution in [0.2, 0.25) is 0 Å². The molecule has 1 aliphatic rings. The van der Waals surface area contributed by atoms with Crippen LogP contribution < -0.4 is 4.74 Å².